The molecule has 0 bridgehead atoms. The zero-order chi connectivity index (χ0) is 21.0. The maximum absolute atomic E-state index is 8.88. The summed E-state index contributed by atoms with van der Waals surface area (Å²) in [6.07, 6.45) is 0. The molecule has 0 radical (unpaired) electrons. The van der Waals surface area contributed by atoms with Gasteiger partial charge in [-0.2, -0.15) is 0 Å². The number of hydrogen-bond acceptors (Lipinski definition) is 17. The van der Waals surface area contributed by atoms with Gasteiger partial charge < -0.3 is 14.7 Å². The van der Waals surface area contributed by atoms with E-state index in [0.29, 0.717) is 0 Å². The van der Waals surface area contributed by atoms with Crippen LogP contribution in [0.15, 0.2) is 0 Å². The van der Waals surface area contributed by atoms with E-state index in [1.165, 1.54) is 0 Å². The fourth-order valence-electron chi connectivity index (χ4n) is 0.0544. The molecule has 0 aromatic carbocycles. The van der Waals surface area contributed by atoms with Crippen molar-refractivity contribution in [2.45, 2.75) is 0 Å². The molecular formula is H11O20PW4. The molecule has 0 saturated carbocycles. The Kier molecular flexibility index (Phi) is 61.9. The van der Waals surface area contributed by atoms with Gasteiger partial charge in [0.05, 0.1) is 0 Å². The van der Waals surface area contributed by atoms with Gasteiger partial charge in [-0.25, -0.2) is 4.57 Å². The van der Waals surface area contributed by atoms with Crippen LogP contribution in [0.1, 0.15) is 0 Å². The second-order valence-electron chi connectivity index (χ2n) is 1.38. The Morgan fingerprint density at radius 2 is 0.520 bits per heavy atom. The van der Waals surface area contributed by atoms with Crippen molar-refractivity contribution in [3.63, 3.8) is 0 Å². The molecule has 0 fully saturated rings. The molecule has 160 valence electrons. The average molecular weight is 1100 g/mol. The van der Waals surface area contributed by atoms with Crippen LogP contribution < -0.4 is 0 Å². The van der Waals surface area contributed by atoms with E-state index >= 15 is 0 Å². The molecule has 25 heavy (non-hydrogen) atoms. The van der Waals surface area contributed by atoms with E-state index < -0.39 is 85.1 Å². The Bertz CT molecular complexity index is 166. The van der Waals surface area contributed by atoms with Crippen LogP contribution in [0.25, 0.3) is 0 Å². The molecule has 0 aromatic rings. The molecule has 0 unspecified atom stereocenters. The van der Waals surface area contributed by atoms with Crippen molar-refractivity contribution < 1.29 is 167 Å². The molecule has 0 aliphatic heterocycles. The zero-order valence-electron chi connectivity index (χ0n) is 10.7. The molecule has 11 N–H and O–H groups in total. The van der Waals surface area contributed by atoms with Gasteiger partial charge in [-0.15, -0.1) is 0 Å². The molecule has 0 amide bonds. The first kappa shape index (κ1) is 37.9. The molecule has 0 aliphatic rings. The van der Waals surface area contributed by atoms with Gasteiger partial charge >= 0.3 is 155 Å². The minimum atomic E-state index is -4.64. The predicted molar refractivity (Wildman–Crippen MR) is 44.0 cm³/mol. The monoisotopic (exact) mass is 1100 g/mol. The van der Waals surface area contributed by atoms with Gasteiger partial charge in [-0.05, 0) is 0 Å². The maximum atomic E-state index is 8.88. The number of rotatable bonds is 8. The van der Waals surface area contributed by atoms with Gasteiger partial charge in [0, 0.05) is 0 Å². The molecule has 0 aliphatic carbocycles. The number of phosphoric acid groups is 1. The van der Waals surface area contributed by atoms with Crippen molar-refractivity contribution in [2.75, 3.05) is 0 Å². The third kappa shape index (κ3) is 147. The second-order valence-corrected chi connectivity index (χ2v) is 8.65. The van der Waals surface area contributed by atoms with Crippen molar-refractivity contribution in [1.82, 2.24) is 0 Å². The summed E-state index contributed by atoms with van der Waals surface area (Å²) in [7, 11) is -4.64. The summed E-state index contributed by atoms with van der Waals surface area (Å²) in [6, 6.07) is 0. The van der Waals surface area contributed by atoms with Crippen LogP contribution in [-0.2, 0) is 110 Å². The van der Waals surface area contributed by atoms with E-state index in [-0.39, 0.29) is 0 Å². The topological polar surface area (TPSA) is 313 Å². The third-order valence-electron chi connectivity index (χ3n) is 0.243. The minimum absolute atomic E-state index is 1.65. The Hall–Kier alpha value is 2.22. The van der Waals surface area contributed by atoms with Crippen LogP contribution in [0.2, 0.25) is 0 Å². The summed E-state index contributed by atoms with van der Waals surface area (Å²) < 4.78 is 36.0. The predicted octanol–water partition coefficient (Wildman–Crippen LogP) is -1.42. The van der Waals surface area contributed by atoms with Crippen LogP contribution in [0.3, 0.4) is 0 Å². The fraction of sp³-hybridized carbons (Fsp3) is 0. The Morgan fingerprint density at radius 3 is 0.520 bits per heavy atom. The molecule has 0 saturated heterocycles. The summed E-state index contributed by atoms with van der Waals surface area (Å²) in [4.78, 5) is 21.6. The van der Waals surface area contributed by atoms with Gasteiger partial charge in [0.25, 0.3) is 0 Å². The van der Waals surface area contributed by atoms with Crippen molar-refractivity contribution in [3.8, 4) is 0 Å². The average Bonchev–Trinajstić information content (AvgIpc) is 2.51. The summed E-state index contributed by atoms with van der Waals surface area (Å²) in [5, 5.41) is 58.8. The van der Waals surface area contributed by atoms with E-state index in [9.17, 15) is 0 Å². The molecule has 0 heterocycles. The van der Waals surface area contributed by atoms with Gasteiger partial charge in [0.2, 0.25) is 0 Å². The first-order chi connectivity index (χ1) is 11.7. The van der Waals surface area contributed by atoms with Gasteiger partial charge in [0.15, 0.2) is 0 Å². The van der Waals surface area contributed by atoms with Crippen molar-refractivity contribution in [2.24, 2.45) is 0 Å². The van der Waals surface area contributed by atoms with Crippen LogP contribution in [0.4, 0.5) is 0 Å². The quantitative estimate of drug-likeness (QED) is 0.0756. The van der Waals surface area contributed by atoms with E-state index in [4.69, 9.17) is 61.3 Å². The van der Waals surface area contributed by atoms with Crippen molar-refractivity contribution in [3.05, 3.63) is 0 Å². The molecule has 25 heteroatoms. The molecule has 0 spiro atoms. The third-order valence-corrected chi connectivity index (χ3v) is 1.99. The van der Waals surface area contributed by atoms with Gasteiger partial charge in [0.1, 0.15) is 0 Å². The van der Waals surface area contributed by atoms with Crippen LogP contribution in [0.5, 0.6) is 0 Å². The normalized spacial score (nSPS) is 9.08. The molecule has 0 aromatic heterocycles. The first-order valence-electron chi connectivity index (χ1n) is 3.58. The van der Waals surface area contributed by atoms with Crippen molar-refractivity contribution >= 4 is 7.82 Å². The summed E-state index contributed by atoms with van der Waals surface area (Å²) >= 11 is -6.59. The molecule has 0 atom stereocenters. The fourth-order valence-corrected chi connectivity index (χ4v) is 0.446. The SMILES string of the molecule is O=P(O)(O)O.O[O][W][O]O.O[O][W][O]O.O[O][W][O]O.O[O][W][O]O. The second kappa shape index (κ2) is 40.8. The Balaban J connectivity index is -0.0000000667. The van der Waals surface area contributed by atoms with E-state index in [1.54, 1.807) is 0 Å². The van der Waals surface area contributed by atoms with Crippen molar-refractivity contribution in [1.29, 1.82) is 0 Å². The molecular weight excluding hydrogens is 1090 g/mol. The van der Waals surface area contributed by atoms with Crippen LogP contribution in [0, 0.1) is 0 Å². The Morgan fingerprint density at radius 1 is 0.440 bits per heavy atom. The summed E-state index contributed by atoms with van der Waals surface area (Å²) in [6.45, 7) is 0. The Labute approximate surface area is 173 Å². The van der Waals surface area contributed by atoms with Gasteiger partial charge in [-0.3, -0.25) is 0 Å². The van der Waals surface area contributed by atoms with Crippen LogP contribution in [-0.4, -0.2) is 56.7 Å². The molecule has 0 rings (SSSR count). The van der Waals surface area contributed by atoms with E-state index in [1.807, 2.05) is 0 Å². The standard InChI is InChI=1S/H3O4P.8H2O2.4W/c1-5(2,3)4;8*1-2;;;;/h(H3,1,2,3,4);8*1-2H;;;;/q;;;;;;;;;4*+2/p-8. The first-order valence-corrected chi connectivity index (χ1v) is 14.7. The van der Waals surface area contributed by atoms with Gasteiger partial charge in [-0.1, -0.05) is 0 Å². The summed E-state index contributed by atoms with van der Waals surface area (Å²) in [5.41, 5.74) is 0. The summed E-state index contributed by atoms with van der Waals surface area (Å²) in [5.74, 6) is 0. The zero-order valence-corrected chi connectivity index (χ0v) is 23.3. The molecule has 20 nitrogen and oxygen atoms in total. The van der Waals surface area contributed by atoms with E-state index in [2.05, 4.69) is 28.3 Å². The van der Waals surface area contributed by atoms with E-state index in [0.717, 1.165) is 0 Å². The number of hydrogen-bond donors (Lipinski definition) is 11. The van der Waals surface area contributed by atoms with Crippen LogP contribution >= 0.6 is 7.82 Å².